The number of aliphatic carboxylic acids is 2. The molecule has 0 aromatic carbocycles. The molecule has 0 aromatic rings. The topological polar surface area (TPSA) is 74.6 Å². The number of carboxylic acids is 2. The predicted molar refractivity (Wildman–Crippen MR) is 43.1 cm³/mol. The number of rotatable bonds is 2. The minimum absolute atomic E-state index is 0.0244. The lowest BCUT2D eigenvalue weighted by atomic mass is 9.90. The third kappa shape index (κ3) is 1.13. The number of carbonyl (C=O) groups is 2. The molecule has 2 bridgehead atoms. The predicted octanol–water partition coefficient (Wildman–Crippen LogP) is 0.738. The van der Waals surface area contributed by atoms with Gasteiger partial charge < -0.3 is 10.2 Å². The molecule has 2 rings (SSSR count). The Morgan fingerprint density at radius 1 is 1.31 bits per heavy atom. The number of fused-ring (bicyclic) bond motifs is 2. The average Bonchev–Trinajstić information content (AvgIpc) is 2.60. The van der Waals surface area contributed by atoms with Crippen LogP contribution >= 0.6 is 0 Å². The van der Waals surface area contributed by atoms with E-state index in [1.165, 1.54) is 0 Å². The fourth-order valence-corrected chi connectivity index (χ4v) is 2.41. The van der Waals surface area contributed by atoms with E-state index in [9.17, 15) is 9.59 Å². The molecule has 70 valence electrons. The molecule has 3 unspecified atom stereocenters. The Kier molecular flexibility index (Phi) is 1.65. The number of hydrogen-bond donors (Lipinski definition) is 2. The van der Waals surface area contributed by atoms with Crippen molar-refractivity contribution in [2.75, 3.05) is 0 Å². The third-order valence-corrected chi connectivity index (χ3v) is 3.01. The quantitative estimate of drug-likeness (QED) is 0.660. The van der Waals surface area contributed by atoms with Crippen molar-refractivity contribution in [1.29, 1.82) is 0 Å². The van der Waals surface area contributed by atoms with Crippen molar-refractivity contribution in [2.45, 2.75) is 12.8 Å². The summed E-state index contributed by atoms with van der Waals surface area (Å²) in [6.07, 6.45) is 2.83. The monoisotopic (exact) mass is 182 g/mol. The second kappa shape index (κ2) is 2.58. The summed E-state index contributed by atoms with van der Waals surface area (Å²) >= 11 is 0. The van der Waals surface area contributed by atoms with Gasteiger partial charge in [-0.3, -0.25) is 4.79 Å². The SMILES string of the molecule is O=C(O)C1=CC2CC1CC2C(=O)O. The molecular weight excluding hydrogens is 172 g/mol. The van der Waals surface area contributed by atoms with Crippen LogP contribution in [-0.4, -0.2) is 22.2 Å². The van der Waals surface area contributed by atoms with Crippen LogP contribution in [0.25, 0.3) is 0 Å². The van der Waals surface area contributed by atoms with Gasteiger partial charge in [0.2, 0.25) is 0 Å². The molecule has 13 heavy (non-hydrogen) atoms. The first-order valence-corrected chi connectivity index (χ1v) is 4.27. The lowest BCUT2D eigenvalue weighted by molar-refractivity contribution is -0.143. The Morgan fingerprint density at radius 2 is 2.00 bits per heavy atom. The van der Waals surface area contributed by atoms with Crippen molar-refractivity contribution in [3.8, 4) is 0 Å². The van der Waals surface area contributed by atoms with Crippen molar-refractivity contribution in [3.63, 3.8) is 0 Å². The van der Waals surface area contributed by atoms with E-state index in [1.807, 2.05) is 0 Å². The van der Waals surface area contributed by atoms with E-state index >= 15 is 0 Å². The molecule has 4 heteroatoms. The lowest BCUT2D eigenvalue weighted by Crippen LogP contribution is -2.20. The van der Waals surface area contributed by atoms with Gasteiger partial charge in [-0.2, -0.15) is 0 Å². The van der Waals surface area contributed by atoms with Crippen LogP contribution in [0, 0.1) is 17.8 Å². The Bertz CT molecular complexity index is 305. The fourth-order valence-electron chi connectivity index (χ4n) is 2.41. The van der Waals surface area contributed by atoms with Gasteiger partial charge in [0.1, 0.15) is 0 Å². The smallest absolute Gasteiger partial charge is 0.331 e. The van der Waals surface area contributed by atoms with Crippen LogP contribution in [0.4, 0.5) is 0 Å². The number of carboxylic acid groups (broad SMARTS) is 2. The standard InChI is InChI=1S/C9H10O4/c10-8(11)6-2-4-1-5(6)3-7(4)9(12)13/h2,4-5,7H,1,3H2,(H,10,11)(H,12,13). The normalized spacial score (nSPS) is 36.0. The van der Waals surface area contributed by atoms with E-state index in [2.05, 4.69) is 0 Å². The summed E-state index contributed by atoms with van der Waals surface area (Å²) in [6, 6.07) is 0. The molecule has 1 fully saturated rings. The van der Waals surface area contributed by atoms with Gasteiger partial charge >= 0.3 is 11.9 Å². The zero-order valence-corrected chi connectivity index (χ0v) is 6.93. The van der Waals surface area contributed by atoms with Gasteiger partial charge in [-0.25, -0.2) is 4.79 Å². The Hall–Kier alpha value is -1.32. The first-order valence-electron chi connectivity index (χ1n) is 4.27. The molecule has 4 nitrogen and oxygen atoms in total. The van der Waals surface area contributed by atoms with E-state index in [0.717, 1.165) is 0 Å². The summed E-state index contributed by atoms with van der Waals surface area (Å²) in [5, 5.41) is 17.5. The second-order valence-electron chi connectivity index (χ2n) is 3.70. The maximum atomic E-state index is 10.7. The number of allylic oxidation sites excluding steroid dienone is 1. The molecule has 2 aliphatic rings. The van der Waals surface area contributed by atoms with E-state index in [-0.39, 0.29) is 17.8 Å². The van der Waals surface area contributed by atoms with Crippen molar-refractivity contribution in [1.82, 2.24) is 0 Å². The zero-order chi connectivity index (χ0) is 9.59. The van der Waals surface area contributed by atoms with Crippen molar-refractivity contribution >= 4 is 11.9 Å². The summed E-state index contributed by atoms with van der Waals surface area (Å²) in [4.78, 5) is 21.3. The van der Waals surface area contributed by atoms with Crippen LogP contribution in [0.2, 0.25) is 0 Å². The van der Waals surface area contributed by atoms with Crippen LogP contribution < -0.4 is 0 Å². The highest BCUT2D eigenvalue weighted by Gasteiger charge is 2.45. The molecule has 0 aromatic heterocycles. The molecule has 1 saturated carbocycles. The van der Waals surface area contributed by atoms with Crippen molar-refractivity contribution in [3.05, 3.63) is 11.6 Å². The van der Waals surface area contributed by atoms with E-state index in [0.29, 0.717) is 18.4 Å². The summed E-state index contributed by atoms with van der Waals surface area (Å²) in [5.74, 6) is -2.12. The van der Waals surface area contributed by atoms with Crippen LogP contribution in [0.5, 0.6) is 0 Å². The summed E-state index contributed by atoms with van der Waals surface area (Å²) in [5.41, 5.74) is 0.419. The Balaban J connectivity index is 2.20. The van der Waals surface area contributed by atoms with Gasteiger partial charge in [-0.15, -0.1) is 0 Å². The molecule has 0 spiro atoms. The third-order valence-electron chi connectivity index (χ3n) is 3.01. The maximum Gasteiger partial charge on any atom is 0.331 e. The van der Waals surface area contributed by atoms with Gasteiger partial charge in [0.05, 0.1) is 5.92 Å². The Labute approximate surface area is 74.9 Å². The second-order valence-corrected chi connectivity index (χ2v) is 3.70. The van der Waals surface area contributed by atoms with E-state index in [4.69, 9.17) is 10.2 Å². The van der Waals surface area contributed by atoms with Gasteiger partial charge in [-0.05, 0) is 24.7 Å². The van der Waals surface area contributed by atoms with Crippen molar-refractivity contribution in [2.24, 2.45) is 17.8 Å². The van der Waals surface area contributed by atoms with Crippen LogP contribution in [0.15, 0.2) is 11.6 Å². The van der Waals surface area contributed by atoms with Gasteiger partial charge in [0, 0.05) is 5.57 Å². The van der Waals surface area contributed by atoms with Crippen LogP contribution in [0.1, 0.15) is 12.8 Å². The largest absolute Gasteiger partial charge is 0.481 e. The minimum atomic E-state index is -0.892. The maximum absolute atomic E-state index is 10.7. The first kappa shape index (κ1) is 8.29. The van der Waals surface area contributed by atoms with Crippen molar-refractivity contribution < 1.29 is 19.8 Å². The molecule has 0 radical (unpaired) electrons. The highest BCUT2D eigenvalue weighted by atomic mass is 16.4. The molecule has 2 aliphatic carbocycles. The minimum Gasteiger partial charge on any atom is -0.481 e. The fraction of sp³-hybridized carbons (Fsp3) is 0.556. The average molecular weight is 182 g/mol. The molecule has 2 N–H and O–H groups in total. The molecule has 0 aliphatic heterocycles. The van der Waals surface area contributed by atoms with Gasteiger partial charge in [0.25, 0.3) is 0 Å². The first-order chi connectivity index (χ1) is 6.09. The zero-order valence-electron chi connectivity index (χ0n) is 6.93. The highest BCUT2D eigenvalue weighted by Crippen LogP contribution is 2.47. The summed E-state index contributed by atoms with van der Waals surface area (Å²) in [6.45, 7) is 0. The molecule has 3 atom stereocenters. The number of hydrogen-bond acceptors (Lipinski definition) is 2. The lowest BCUT2D eigenvalue weighted by Gasteiger charge is -2.14. The van der Waals surface area contributed by atoms with E-state index in [1.54, 1.807) is 6.08 Å². The molecular formula is C9H10O4. The molecule has 0 amide bonds. The van der Waals surface area contributed by atoms with Gasteiger partial charge in [0.15, 0.2) is 0 Å². The molecule has 0 heterocycles. The summed E-state index contributed by atoms with van der Waals surface area (Å²) < 4.78 is 0. The Morgan fingerprint density at radius 3 is 2.38 bits per heavy atom. The van der Waals surface area contributed by atoms with Crippen LogP contribution in [0.3, 0.4) is 0 Å². The molecule has 0 saturated heterocycles. The highest BCUT2D eigenvalue weighted by molar-refractivity contribution is 5.89. The van der Waals surface area contributed by atoms with Crippen LogP contribution in [-0.2, 0) is 9.59 Å². The van der Waals surface area contributed by atoms with Gasteiger partial charge in [-0.1, -0.05) is 6.08 Å². The summed E-state index contributed by atoms with van der Waals surface area (Å²) in [7, 11) is 0. The van der Waals surface area contributed by atoms with E-state index < -0.39 is 11.9 Å².